The van der Waals surface area contributed by atoms with E-state index >= 15 is 0 Å². The largest absolute Gasteiger partial charge is 0.394 e. The molecule has 6 atom stereocenters. The Hall–Kier alpha value is -2.12. The summed E-state index contributed by atoms with van der Waals surface area (Å²) >= 11 is 0. The van der Waals surface area contributed by atoms with Gasteiger partial charge in [-0.2, -0.15) is 5.26 Å². The van der Waals surface area contributed by atoms with Gasteiger partial charge in [-0.1, -0.05) is 31.2 Å². The quantitative estimate of drug-likeness (QED) is 0.532. The number of nitriles is 1. The van der Waals surface area contributed by atoms with Gasteiger partial charge < -0.3 is 25.2 Å². The highest BCUT2D eigenvalue weighted by molar-refractivity contribution is 7.85. The highest BCUT2D eigenvalue weighted by Gasteiger charge is 2.44. The van der Waals surface area contributed by atoms with E-state index in [9.17, 15) is 29.9 Å². The number of aliphatic hydroxyl groups is 4. The van der Waals surface area contributed by atoms with Gasteiger partial charge in [0.05, 0.1) is 29.0 Å². The highest BCUT2D eigenvalue weighted by atomic mass is 32.2. The first kappa shape index (κ1) is 22.6. The van der Waals surface area contributed by atoms with Crippen molar-refractivity contribution in [3.63, 3.8) is 0 Å². The zero-order valence-electron chi connectivity index (χ0n) is 16.5. The van der Waals surface area contributed by atoms with Crippen LogP contribution in [-0.2, 0) is 22.0 Å². The van der Waals surface area contributed by atoms with Gasteiger partial charge in [-0.3, -0.25) is 4.21 Å². The normalized spacial score (nSPS) is 27.4. The van der Waals surface area contributed by atoms with E-state index in [1.165, 1.54) is 0 Å². The van der Waals surface area contributed by atoms with Crippen LogP contribution in [0.5, 0.6) is 0 Å². The van der Waals surface area contributed by atoms with Crippen LogP contribution < -0.4 is 0 Å². The molecule has 0 radical (unpaired) electrons. The van der Waals surface area contributed by atoms with Crippen LogP contribution in [0.4, 0.5) is 0 Å². The second kappa shape index (κ2) is 9.79. The fourth-order valence-corrected chi connectivity index (χ4v) is 4.34. The van der Waals surface area contributed by atoms with Crippen LogP contribution in [0.25, 0.3) is 0 Å². The molecule has 4 N–H and O–H groups in total. The molecular weight excluding hydrogens is 406 g/mol. The number of nitrogens with zero attached hydrogens (tertiary/aromatic N) is 1. The van der Waals surface area contributed by atoms with E-state index in [1.807, 2.05) is 31.2 Å². The molecule has 4 unspecified atom stereocenters. The molecule has 8 heteroatoms. The van der Waals surface area contributed by atoms with Crippen LogP contribution in [0.2, 0.25) is 0 Å². The molecule has 1 aliphatic heterocycles. The van der Waals surface area contributed by atoms with E-state index in [4.69, 9.17) is 4.74 Å². The van der Waals surface area contributed by atoms with Crippen molar-refractivity contribution in [2.45, 2.75) is 48.8 Å². The van der Waals surface area contributed by atoms with Crippen molar-refractivity contribution in [2.75, 3.05) is 12.4 Å². The fourth-order valence-electron chi connectivity index (χ4n) is 3.57. The number of benzene rings is 2. The number of hydrogen-bond donors (Lipinski definition) is 4. The molecule has 0 amide bonds. The van der Waals surface area contributed by atoms with Crippen molar-refractivity contribution < 1.29 is 29.4 Å². The Morgan fingerprint density at radius 1 is 1.07 bits per heavy atom. The summed E-state index contributed by atoms with van der Waals surface area (Å²) in [6.07, 6.45) is -5.79. The molecule has 1 saturated heterocycles. The van der Waals surface area contributed by atoms with E-state index in [1.54, 1.807) is 18.2 Å². The maximum absolute atomic E-state index is 11.9. The predicted octanol–water partition coefficient (Wildman–Crippen LogP) is 0.791. The van der Waals surface area contributed by atoms with Crippen molar-refractivity contribution in [3.05, 3.63) is 64.7 Å². The molecule has 0 spiro atoms. The fraction of sp³-hybridized carbons (Fsp3) is 0.409. The monoisotopic (exact) mass is 431 g/mol. The van der Waals surface area contributed by atoms with Gasteiger partial charge in [-0.25, -0.2) is 0 Å². The Morgan fingerprint density at radius 3 is 2.37 bits per heavy atom. The number of hydrogen-bond acceptors (Lipinski definition) is 7. The van der Waals surface area contributed by atoms with Gasteiger partial charge in [0.15, 0.2) is 0 Å². The molecule has 0 saturated carbocycles. The van der Waals surface area contributed by atoms with Crippen molar-refractivity contribution in [1.29, 1.82) is 5.26 Å². The Kier molecular flexibility index (Phi) is 7.36. The summed E-state index contributed by atoms with van der Waals surface area (Å²) in [6, 6.07) is 14.5. The Balaban J connectivity index is 1.88. The van der Waals surface area contributed by atoms with Crippen LogP contribution in [0.15, 0.2) is 47.4 Å². The molecule has 160 valence electrons. The van der Waals surface area contributed by atoms with Crippen LogP contribution >= 0.6 is 0 Å². The average Bonchev–Trinajstić information content (AvgIpc) is 2.77. The van der Waals surface area contributed by atoms with E-state index in [0.29, 0.717) is 28.9 Å². The topological polar surface area (TPSA) is 131 Å². The first-order valence-electron chi connectivity index (χ1n) is 9.70. The maximum atomic E-state index is 11.9. The number of rotatable bonds is 6. The van der Waals surface area contributed by atoms with Crippen LogP contribution in [-0.4, -0.2) is 61.4 Å². The van der Waals surface area contributed by atoms with Crippen LogP contribution in [0.1, 0.15) is 35.3 Å². The molecule has 1 heterocycles. The van der Waals surface area contributed by atoms with Gasteiger partial charge >= 0.3 is 0 Å². The van der Waals surface area contributed by atoms with Crippen LogP contribution in [0.3, 0.4) is 0 Å². The van der Waals surface area contributed by atoms with Crippen molar-refractivity contribution in [2.24, 2.45) is 0 Å². The highest BCUT2D eigenvalue weighted by Crippen LogP contribution is 2.33. The van der Waals surface area contributed by atoms with Crippen molar-refractivity contribution in [3.8, 4) is 6.07 Å². The van der Waals surface area contributed by atoms with E-state index < -0.39 is 47.9 Å². The second-order valence-electron chi connectivity index (χ2n) is 7.23. The Labute approximate surface area is 177 Å². The second-order valence-corrected chi connectivity index (χ2v) is 8.97. The van der Waals surface area contributed by atoms with Gasteiger partial charge in [0.1, 0.15) is 30.5 Å². The third-order valence-electron chi connectivity index (χ3n) is 5.31. The first-order chi connectivity index (χ1) is 14.4. The van der Waals surface area contributed by atoms with Gasteiger partial charge in [0, 0.05) is 10.6 Å². The minimum Gasteiger partial charge on any atom is -0.394 e. The molecule has 0 aliphatic carbocycles. The molecule has 0 aromatic heterocycles. The molecule has 3 rings (SSSR count). The summed E-state index contributed by atoms with van der Waals surface area (Å²) in [6.45, 7) is 1.35. The average molecular weight is 432 g/mol. The SMILES string of the molecule is CCS(=O)c1ccc(Cc2cc([C@@H]3O[C@H](CO)C(O)C(O)C3O)ccc2C#N)cc1. The van der Waals surface area contributed by atoms with Crippen molar-refractivity contribution >= 4 is 10.8 Å². The minimum absolute atomic E-state index is 0.438. The summed E-state index contributed by atoms with van der Waals surface area (Å²) in [5.74, 6) is 0.541. The van der Waals surface area contributed by atoms with Crippen molar-refractivity contribution in [1.82, 2.24) is 0 Å². The molecule has 0 bridgehead atoms. The first-order valence-corrected chi connectivity index (χ1v) is 11.0. The van der Waals surface area contributed by atoms with E-state index in [0.717, 1.165) is 10.5 Å². The third kappa shape index (κ3) is 4.62. The van der Waals surface area contributed by atoms with E-state index in [2.05, 4.69) is 6.07 Å². The zero-order chi connectivity index (χ0) is 21.8. The number of ether oxygens (including phenoxy) is 1. The lowest BCUT2D eigenvalue weighted by molar-refractivity contribution is -0.231. The molecular formula is C22H25NO6S. The molecule has 7 nitrogen and oxygen atoms in total. The number of aliphatic hydroxyl groups excluding tert-OH is 4. The summed E-state index contributed by atoms with van der Waals surface area (Å²) < 4.78 is 17.5. The predicted molar refractivity (Wildman–Crippen MR) is 110 cm³/mol. The molecule has 1 fully saturated rings. The van der Waals surface area contributed by atoms with Gasteiger partial charge in [-0.05, 0) is 41.3 Å². The van der Waals surface area contributed by atoms with Crippen LogP contribution in [0, 0.1) is 11.3 Å². The standard InChI is InChI=1S/C22H25NO6S/c1-2-30(28)17-7-3-13(4-8-17)9-16-10-14(5-6-15(16)11-23)22-21(27)20(26)19(25)18(12-24)29-22/h3-8,10,18-22,24-27H,2,9,12H2,1H3/t18-,19?,20?,21?,22+,30?/m1/s1. The Morgan fingerprint density at radius 2 is 1.77 bits per heavy atom. The smallest absolute Gasteiger partial charge is 0.113 e. The summed E-state index contributed by atoms with van der Waals surface area (Å²) in [5, 5.41) is 49.3. The van der Waals surface area contributed by atoms with Gasteiger partial charge in [0.2, 0.25) is 0 Å². The lowest BCUT2D eigenvalue weighted by Crippen LogP contribution is -2.55. The van der Waals surface area contributed by atoms with Gasteiger partial charge in [-0.15, -0.1) is 0 Å². The summed E-state index contributed by atoms with van der Waals surface area (Å²) in [4.78, 5) is 0.747. The van der Waals surface area contributed by atoms with E-state index in [-0.39, 0.29) is 0 Å². The van der Waals surface area contributed by atoms with Gasteiger partial charge in [0.25, 0.3) is 0 Å². The molecule has 30 heavy (non-hydrogen) atoms. The molecule has 2 aromatic rings. The summed E-state index contributed by atoms with van der Waals surface area (Å²) in [5.41, 5.74) is 2.62. The lowest BCUT2D eigenvalue weighted by atomic mass is 9.89. The molecule has 2 aromatic carbocycles. The molecule has 1 aliphatic rings. The lowest BCUT2D eigenvalue weighted by Gasteiger charge is -2.40. The Bertz CT molecular complexity index is 940. The third-order valence-corrected chi connectivity index (χ3v) is 6.64. The summed E-state index contributed by atoms with van der Waals surface area (Å²) in [7, 11) is -1.03. The maximum Gasteiger partial charge on any atom is 0.113 e. The zero-order valence-corrected chi connectivity index (χ0v) is 17.3. The minimum atomic E-state index is -1.47.